The third kappa shape index (κ3) is 4.58. The first-order chi connectivity index (χ1) is 13.5. The molecule has 0 atom stereocenters. The van der Waals surface area contributed by atoms with Crippen molar-refractivity contribution in [2.24, 2.45) is 0 Å². The molecule has 10 heteroatoms. The minimum atomic E-state index is -0.556. The van der Waals surface area contributed by atoms with E-state index >= 15 is 0 Å². The first kappa shape index (κ1) is 19.2. The first-order valence-corrected chi connectivity index (χ1v) is 8.46. The number of fused-ring (bicyclic) bond motifs is 1. The van der Waals surface area contributed by atoms with E-state index < -0.39 is 5.97 Å². The van der Waals surface area contributed by atoms with Gasteiger partial charge in [-0.05, 0) is 23.8 Å². The Morgan fingerprint density at radius 2 is 2.04 bits per heavy atom. The quantitative estimate of drug-likeness (QED) is 0.568. The van der Waals surface area contributed by atoms with Crippen molar-refractivity contribution < 1.29 is 23.7 Å². The second-order valence-corrected chi connectivity index (χ2v) is 5.99. The second-order valence-electron chi connectivity index (χ2n) is 5.99. The molecule has 1 aromatic carbocycles. The summed E-state index contributed by atoms with van der Waals surface area (Å²) in [5.41, 5.74) is 6.35. The van der Waals surface area contributed by atoms with Crippen molar-refractivity contribution in [1.29, 1.82) is 0 Å². The number of anilines is 2. The molecule has 28 heavy (non-hydrogen) atoms. The highest BCUT2D eigenvalue weighted by Crippen LogP contribution is 2.40. The smallest absolute Gasteiger partial charge is 0.331 e. The number of nitrogen functional groups attached to an aromatic ring is 1. The number of nitrogens with two attached hydrogens (primary N) is 1. The Morgan fingerprint density at radius 3 is 2.79 bits per heavy atom. The Morgan fingerprint density at radius 1 is 1.25 bits per heavy atom. The Hall–Kier alpha value is -3.56. The van der Waals surface area contributed by atoms with Gasteiger partial charge in [-0.2, -0.15) is 15.0 Å². The van der Waals surface area contributed by atoms with Crippen LogP contribution in [0.1, 0.15) is 11.4 Å². The Bertz CT molecular complexity index is 883. The SMILES string of the molecule is COc1cc(C=CC(=O)OCc2nc(N)nc(N(C)C)n2)cc2c1OCCO2. The number of rotatable bonds is 6. The molecule has 0 amide bonds. The molecule has 0 spiro atoms. The van der Waals surface area contributed by atoms with Crippen molar-refractivity contribution in [3.05, 3.63) is 29.6 Å². The van der Waals surface area contributed by atoms with Crippen molar-refractivity contribution in [2.45, 2.75) is 6.61 Å². The molecule has 0 fully saturated rings. The molecule has 0 saturated heterocycles. The molecule has 2 aromatic rings. The molecular weight excluding hydrogens is 366 g/mol. The molecular formula is C18H21N5O5. The van der Waals surface area contributed by atoms with Crippen molar-refractivity contribution in [1.82, 2.24) is 15.0 Å². The van der Waals surface area contributed by atoms with Crippen LogP contribution in [0.2, 0.25) is 0 Å². The summed E-state index contributed by atoms with van der Waals surface area (Å²) in [6.07, 6.45) is 2.89. The molecule has 0 aliphatic carbocycles. The zero-order valence-corrected chi connectivity index (χ0v) is 15.8. The summed E-state index contributed by atoms with van der Waals surface area (Å²) in [6.45, 7) is 0.790. The zero-order valence-electron chi connectivity index (χ0n) is 15.8. The third-order valence-corrected chi connectivity index (χ3v) is 3.69. The number of hydrogen-bond acceptors (Lipinski definition) is 10. The van der Waals surface area contributed by atoms with Crippen LogP contribution >= 0.6 is 0 Å². The van der Waals surface area contributed by atoms with Gasteiger partial charge in [-0.25, -0.2) is 4.79 Å². The van der Waals surface area contributed by atoms with Crippen LogP contribution in [-0.2, 0) is 16.1 Å². The summed E-state index contributed by atoms with van der Waals surface area (Å²) in [7, 11) is 5.08. The highest BCUT2D eigenvalue weighted by molar-refractivity contribution is 5.87. The molecule has 0 bridgehead atoms. The summed E-state index contributed by atoms with van der Waals surface area (Å²) in [5, 5.41) is 0. The number of aromatic nitrogens is 3. The Labute approximate surface area is 161 Å². The van der Waals surface area contributed by atoms with Gasteiger partial charge in [0.2, 0.25) is 17.6 Å². The lowest BCUT2D eigenvalue weighted by atomic mass is 10.1. The van der Waals surface area contributed by atoms with Crippen molar-refractivity contribution in [3.8, 4) is 17.2 Å². The van der Waals surface area contributed by atoms with E-state index in [1.54, 1.807) is 37.2 Å². The minimum Gasteiger partial charge on any atom is -0.493 e. The van der Waals surface area contributed by atoms with Crippen LogP contribution in [-0.4, -0.2) is 55.3 Å². The fourth-order valence-corrected chi connectivity index (χ4v) is 2.43. The lowest BCUT2D eigenvalue weighted by Gasteiger charge is -2.20. The average molecular weight is 387 g/mol. The van der Waals surface area contributed by atoms with Gasteiger partial charge in [-0.1, -0.05) is 0 Å². The predicted molar refractivity (Wildman–Crippen MR) is 101 cm³/mol. The van der Waals surface area contributed by atoms with Crippen molar-refractivity contribution in [2.75, 3.05) is 45.1 Å². The second kappa shape index (κ2) is 8.42. The maximum atomic E-state index is 12.0. The lowest BCUT2D eigenvalue weighted by Crippen LogP contribution is -2.17. The largest absolute Gasteiger partial charge is 0.493 e. The summed E-state index contributed by atoms with van der Waals surface area (Å²) < 4.78 is 21.6. The zero-order chi connectivity index (χ0) is 20.1. The number of carbonyl (C=O) groups is 1. The Balaban J connectivity index is 1.66. The predicted octanol–water partition coefficient (Wildman–Crippen LogP) is 1.06. The van der Waals surface area contributed by atoms with Gasteiger partial charge in [0.05, 0.1) is 7.11 Å². The fourth-order valence-electron chi connectivity index (χ4n) is 2.43. The number of esters is 1. The van der Waals surface area contributed by atoms with E-state index in [0.29, 0.717) is 42.0 Å². The number of carbonyl (C=O) groups excluding carboxylic acids is 1. The summed E-state index contributed by atoms with van der Waals surface area (Å²) >= 11 is 0. The first-order valence-electron chi connectivity index (χ1n) is 8.46. The van der Waals surface area contributed by atoms with Gasteiger partial charge in [0.25, 0.3) is 0 Å². The van der Waals surface area contributed by atoms with Crippen LogP contribution < -0.4 is 24.8 Å². The highest BCUT2D eigenvalue weighted by Gasteiger charge is 2.18. The summed E-state index contributed by atoms with van der Waals surface area (Å²) in [4.78, 5) is 25.8. The average Bonchev–Trinajstić information content (AvgIpc) is 2.69. The fraction of sp³-hybridized carbons (Fsp3) is 0.333. The maximum Gasteiger partial charge on any atom is 0.331 e. The molecule has 10 nitrogen and oxygen atoms in total. The summed E-state index contributed by atoms with van der Waals surface area (Å²) in [6, 6.07) is 3.50. The molecule has 2 heterocycles. The van der Waals surface area contributed by atoms with E-state index in [1.807, 2.05) is 0 Å². The molecule has 1 aliphatic rings. The van der Waals surface area contributed by atoms with E-state index in [2.05, 4.69) is 15.0 Å². The van der Waals surface area contributed by atoms with Crippen LogP contribution in [0.5, 0.6) is 17.2 Å². The van der Waals surface area contributed by atoms with E-state index in [4.69, 9.17) is 24.7 Å². The van der Waals surface area contributed by atoms with Crippen LogP contribution in [0.25, 0.3) is 6.08 Å². The summed E-state index contributed by atoms with van der Waals surface area (Å²) in [5.74, 6) is 1.80. The monoisotopic (exact) mass is 387 g/mol. The van der Waals surface area contributed by atoms with E-state index in [-0.39, 0.29) is 18.4 Å². The number of hydrogen-bond donors (Lipinski definition) is 1. The molecule has 148 valence electrons. The van der Waals surface area contributed by atoms with Gasteiger partial charge in [-0.3, -0.25) is 0 Å². The van der Waals surface area contributed by atoms with Crippen LogP contribution in [0.4, 0.5) is 11.9 Å². The molecule has 1 aliphatic heterocycles. The number of methoxy groups -OCH3 is 1. The molecule has 1 aromatic heterocycles. The molecule has 2 N–H and O–H groups in total. The van der Waals surface area contributed by atoms with Gasteiger partial charge in [0, 0.05) is 20.2 Å². The molecule has 0 saturated carbocycles. The minimum absolute atomic E-state index is 0.0589. The third-order valence-electron chi connectivity index (χ3n) is 3.69. The topological polar surface area (TPSA) is 122 Å². The van der Waals surface area contributed by atoms with E-state index in [0.717, 1.165) is 0 Å². The molecule has 0 unspecified atom stereocenters. The van der Waals surface area contributed by atoms with E-state index in [9.17, 15) is 4.79 Å². The van der Waals surface area contributed by atoms with Gasteiger partial charge in [-0.15, -0.1) is 0 Å². The lowest BCUT2D eigenvalue weighted by molar-refractivity contribution is -0.139. The van der Waals surface area contributed by atoms with Gasteiger partial charge >= 0.3 is 5.97 Å². The van der Waals surface area contributed by atoms with Gasteiger partial charge < -0.3 is 29.6 Å². The van der Waals surface area contributed by atoms with E-state index in [1.165, 1.54) is 13.2 Å². The van der Waals surface area contributed by atoms with Crippen LogP contribution in [0, 0.1) is 0 Å². The number of ether oxygens (including phenoxy) is 4. The van der Waals surface area contributed by atoms with Crippen molar-refractivity contribution >= 4 is 23.9 Å². The normalized spacial score (nSPS) is 12.7. The number of nitrogens with zero attached hydrogens (tertiary/aromatic N) is 4. The molecule has 0 radical (unpaired) electrons. The number of benzene rings is 1. The maximum absolute atomic E-state index is 12.0. The van der Waals surface area contributed by atoms with Crippen LogP contribution in [0.15, 0.2) is 18.2 Å². The van der Waals surface area contributed by atoms with Gasteiger partial charge in [0.15, 0.2) is 23.9 Å². The molecule has 3 rings (SSSR count). The van der Waals surface area contributed by atoms with Gasteiger partial charge in [0.1, 0.15) is 13.2 Å². The Kier molecular flexibility index (Phi) is 5.78. The highest BCUT2D eigenvalue weighted by atomic mass is 16.6. The van der Waals surface area contributed by atoms with Crippen LogP contribution in [0.3, 0.4) is 0 Å². The van der Waals surface area contributed by atoms with Crippen molar-refractivity contribution in [3.63, 3.8) is 0 Å². The standard InChI is InChI=1S/C18H21N5O5/c1-23(2)18-21-14(20-17(19)22-18)10-28-15(24)5-4-11-8-12(25-3)16-13(9-11)26-6-7-27-16/h4-5,8-9H,6-7,10H2,1-3H3,(H2,19,20,21,22).